The zero-order chi connectivity index (χ0) is 33.7. The molecule has 10 aromatic rings. The first-order chi connectivity index (χ1) is 25.3. The minimum atomic E-state index is 1.13. The Labute approximate surface area is 300 Å². The maximum Gasteiger partial charge on any atom is 0.0541 e. The predicted octanol–water partition coefficient (Wildman–Crippen LogP) is 14.0. The predicted molar refractivity (Wildman–Crippen MR) is 219 cm³/mol. The number of aromatic nitrogens is 1. The van der Waals surface area contributed by atoms with E-state index in [2.05, 4.69) is 204 Å². The summed E-state index contributed by atoms with van der Waals surface area (Å²) in [5.41, 5.74) is 11.8. The Morgan fingerprint density at radius 3 is 1.59 bits per heavy atom. The third kappa shape index (κ3) is 5.01. The molecule has 0 bridgehead atoms. The molecule has 0 saturated heterocycles. The van der Waals surface area contributed by atoms with Crippen LogP contribution in [0.2, 0.25) is 0 Å². The summed E-state index contributed by atoms with van der Waals surface area (Å²) in [5.74, 6) is 0. The second kappa shape index (κ2) is 12.2. The van der Waals surface area contributed by atoms with Crippen LogP contribution in [-0.4, -0.2) is 4.57 Å². The molecule has 2 nitrogen and oxygen atoms in total. The number of anilines is 3. The molecule has 0 aliphatic carbocycles. The van der Waals surface area contributed by atoms with Crippen molar-refractivity contribution in [2.45, 2.75) is 0 Å². The van der Waals surface area contributed by atoms with E-state index in [4.69, 9.17) is 0 Å². The van der Waals surface area contributed by atoms with Gasteiger partial charge in [-0.2, -0.15) is 0 Å². The molecule has 2 heterocycles. The lowest BCUT2D eigenvalue weighted by Crippen LogP contribution is -2.09. The fraction of sp³-hybridized carbons (Fsp3) is 0. The molecule has 2 aromatic heterocycles. The van der Waals surface area contributed by atoms with Gasteiger partial charge >= 0.3 is 0 Å². The topological polar surface area (TPSA) is 8.17 Å². The van der Waals surface area contributed by atoms with Crippen LogP contribution in [0.4, 0.5) is 17.1 Å². The van der Waals surface area contributed by atoms with Crippen molar-refractivity contribution < 1.29 is 0 Å². The van der Waals surface area contributed by atoms with Gasteiger partial charge in [-0.05, 0) is 83.4 Å². The zero-order valence-electron chi connectivity index (χ0n) is 27.8. The number of fused-ring (bicyclic) bond motifs is 6. The van der Waals surface area contributed by atoms with Crippen LogP contribution in [0.1, 0.15) is 0 Å². The van der Waals surface area contributed by atoms with Gasteiger partial charge in [0.25, 0.3) is 0 Å². The Bertz CT molecular complexity index is 2790. The molecule has 0 saturated carbocycles. The highest BCUT2D eigenvalue weighted by Gasteiger charge is 2.17. The molecule has 51 heavy (non-hydrogen) atoms. The normalized spacial score (nSPS) is 11.5. The molecular formula is C48H32N2S. The Kier molecular flexibility index (Phi) is 7.04. The molecular weight excluding hydrogens is 637 g/mol. The van der Waals surface area contributed by atoms with Gasteiger partial charge in [-0.25, -0.2) is 0 Å². The molecule has 10 rings (SSSR count). The molecule has 0 aliphatic rings. The van der Waals surface area contributed by atoms with Crippen LogP contribution < -0.4 is 4.90 Å². The van der Waals surface area contributed by atoms with Crippen molar-refractivity contribution in [2.24, 2.45) is 0 Å². The van der Waals surface area contributed by atoms with E-state index in [9.17, 15) is 0 Å². The van der Waals surface area contributed by atoms with Gasteiger partial charge in [0.05, 0.1) is 16.7 Å². The summed E-state index contributed by atoms with van der Waals surface area (Å²) in [6.07, 6.45) is 0. The number of benzene rings is 8. The number of hydrogen-bond donors (Lipinski definition) is 0. The Morgan fingerprint density at radius 2 is 0.863 bits per heavy atom. The van der Waals surface area contributed by atoms with Gasteiger partial charge in [0.1, 0.15) is 0 Å². The molecule has 0 fully saturated rings. The molecule has 0 aliphatic heterocycles. The SMILES string of the molecule is c1ccc(N(c2ccc(-c3ccc(-c4ccccc4-n4c5ccccc5c5ccccc54)cc3)cc2)c2ccc3sc4ccccc4c3c2)cc1. The van der Waals surface area contributed by atoms with E-state index in [1.54, 1.807) is 0 Å². The third-order valence-corrected chi connectivity index (χ3v) is 11.2. The number of hydrogen-bond acceptors (Lipinski definition) is 2. The quantitative estimate of drug-likeness (QED) is 0.171. The fourth-order valence-corrected chi connectivity index (χ4v) is 8.70. The van der Waals surface area contributed by atoms with E-state index in [1.165, 1.54) is 69.9 Å². The number of nitrogens with zero attached hydrogens (tertiary/aromatic N) is 2. The van der Waals surface area contributed by atoms with Gasteiger partial charge in [-0.15, -0.1) is 11.3 Å². The summed E-state index contributed by atoms with van der Waals surface area (Å²) in [6, 6.07) is 70.3. The van der Waals surface area contributed by atoms with Gasteiger partial charge < -0.3 is 9.47 Å². The standard InChI is InChI=1S/C48H32N2S/c1-2-12-36(13-3-1)49(38-30-31-48-43(32-38)42-17-7-11-21-47(42)51-48)37-28-26-34(27-29-37)33-22-24-35(25-23-33)39-14-4-8-18-44(39)50-45-19-9-5-15-40(45)41-16-6-10-20-46(41)50/h1-32H. The Morgan fingerprint density at radius 1 is 0.353 bits per heavy atom. The van der Waals surface area contributed by atoms with Gasteiger partial charge in [0.2, 0.25) is 0 Å². The molecule has 3 heteroatoms. The van der Waals surface area contributed by atoms with Gasteiger partial charge in [0.15, 0.2) is 0 Å². The molecule has 240 valence electrons. The van der Waals surface area contributed by atoms with Crippen LogP contribution in [0.15, 0.2) is 194 Å². The summed E-state index contributed by atoms with van der Waals surface area (Å²) in [4.78, 5) is 2.35. The minimum Gasteiger partial charge on any atom is -0.310 e. The van der Waals surface area contributed by atoms with Crippen molar-refractivity contribution in [3.63, 3.8) is 0 Å². The lowest BCUT2D eigenvalue weighted by atomic mass is 9.98. The van der Waals surface area contributed by atoms with E-state index in [0.717, 1.165) is 17.1 Å². The summed E-state index contributed by atoms with van der Waals surface area (Å²) < 4.78 is 5.04. The molecule has 0 spiro atoms. The second-order valence-corrected chi connectivity index (χ2v) is 14.0. The highest BCUT2D eigenvalue weighted by molar-refractivity contribution is 7.25. The summed E-state index contributed by atoms with van der Waals surface area (Å²) in [5, 5.41) is 5.15. The maximum absolute atomic E-state index is 2.41. The van der Waals surface area contributed by atoms with Crippen LogP contribution in [-0.2, 0) is 0 Å². The minimum absolute atomic E-state index is 1.13. The van der Waals surface area contributed by atoms with E-state index >= 15 is 0 Å². The molecule has 0 unspecified atom stereocenters. The monoisotopic (exact) mass is 668 g/mol. The van der Waals surface area contributed by atoms with Crippen LogP contribution >= 0.6 is 11.3 Å². The van der Waals surface area contributed by atoms with Crippen LogP contribution in [0, 0.1) is 0 Å². The van der Waals surface area contributed by atoms with Crippen molar-refractivity contribution in [1.82, 2.24) is 4.57 Å². The highest BCUT2D eigenvalue weighted by Crippen LogP contribution is 2.41. The van der Waals surface area contributed by atoms with Crippen LogP contribution in [0.5, 0.6) is 0 Å². The Balaban J connectivity index is 1.01. The van der Waals surface area contributed by atoms with Gasteiger partial charge in [-0.1, -0.05) is 127 Å². The summed E-state index contributed by atoms with van der Waals surface area (Å²) in [7, 11) is 0. The second-order valence-electron chi connectivity index (χ2n) is 13.0. The third-order valence-electron chi connectivity index (χ3n) is 10.0. The largest absolute Gasteiger partial charge is 0.310 e. The lowest BCUT2D eigenvalue weighted by molar-refractivity contribution is 1.18. The first kappa shape index (κ1) is 29.5. The van der Waals surface area contributed by atoms with Crippen LogP contribution in [0.3, 0.4) is 0 Å². The number of para-hydroxylation sites is 4. The molecule has 0 atom stereocenters. The van der Waals surface area contributed by atoms with E-state index in [-0.39, 0.29) is 0 Å². The zero-order valence-corrected chi connectivity index (χ0v) is 28.6. The van der Waals surface area contributed by atoms with Crippen molar-refractivity contribution in [3.05, 3.63) is 194 Å². The molecule has 0 amide bonds. The van der Waals surface area contributed by atoms with Crippen molar-refractivity contribution in [2.75, 3.05) is 4.90 Å². The van der Waals surface area contributed by atoms with E-state index in [1.807, 2.05) is 11.3 Å². The molecule has 0 radical (unpaired) electrons. The smallest absolute Gasteiger partial charge is 0.0541 e. The average Bonchev–Trinajstić information content (AvgIpc) is 3.74. The van der Waals surface area contributed by atoms with Gasteiger partial charge in [-0.3, -0.25) is 0 Å². The fourth-order valence-electron chi connectivity index (χ4n) is 7.62. The maximum atomic E-state index is 2.41. The summed E-state index contributed by atoms with van der Waals surface area (Å²) >= 11 is 1.85. The average molecular weight is 669 g/mol. The van der Waals surface area contributed by atoms with Crippen molar-refractivity contribution in [3.8, 4) is 27.9 Å². The molecule has 0 N–H and O–H groups in total. The number of thiophene rings is 1. The first-order valence-corrected chi connectivity index (χ1v) is 18.2. The van der Waals surface area contributed by atoms with Crippen LogP contribution in [0.25, 0.3) is 69.9 Å². The van der Waals surface area contributed by atoms with E-state index in [0.29, 0.717) is 0 Å². The number of rotatable bonds is 6. The molecule has 8 aromatic carbocycles. The summed E-state index contributed by atoms with van der Waals surface area (Å²) in [6.45, 7) is 0. The Hall–Kier alpha value is -6.42. The highest BCUT2D eigenvalue weighted by atomic mass is 32.1. The first-order valence-electron chi connectivity index (χ1n) is 17.4. The van der Waals surface area contributed by atoms with E-state index < -0.39 is 0 Å². The van der Waals surface area contributed by atoms with Gasteiger partial charge in [0, 0.05) is 53.6 Å². The lowest BCUT2D eigenvalue weighted by Gasteiger charge is -2.26. The van der Waals surface area contributed by atoms with Crippen molar-refractivity contribution >= 4 is 70.4 Å². The van der Waals surface area contributed by atoms with Crippen molar-refractivity contribution in [1.29, 1.82) is 0 Å².